The summed E-state index contributed by atoms with van der Waals surface area (Å²) in [7, 11) is 0. The van der Waals surface area contributed by atoms with Crippen molar-refractivity contribution in [3.8, 4) is 0 Å². The summed E-state index contributed by atoms with van der Waals surface area (Å²) in [5.41, 5.74) is 3.47. The molecule has 2 amide bonds. The number of nitrogens with zero attached hydrogens (tertiary/aromatic N) is 3. The van der Waals surface area contributed by atoms with Crippen LogP contribution in [0.15, 0.2) is 53.1 Å². The van der Waals surface area contributed by atoms with Crippen LogP contribution in [0.1, 0.15) is 56.5 Å². The summed E-state index contributed by atoms with van der Waals surface area (Å²) in [5, 5.41) is 7.01. The minimum atomic E-state index is -0.582. The van der Waals surface area contributed by atoms with Gasteiger partial charge in [0.2, 0.25) is 17.7 Å². The quantitative estimate of drug-likeness (QED) is 0.619. The fourth-order valence-electron chi connectivity index (χ4n) is 3.96. The van der Waals surface area contributed by atoms with E-state index >= 15 is 0 Å². The molecule has 4 rings (SSSR count). The molecule has 172 valence electrons. The molecule has 1 N–H and O–H groups in total. The highest BCUT2D eigenvalue weighted by Gasteiger charge is 2.35. The van der Waals surface area contributed by atoms with E-state index in [1.54, 1.807) is 4.90 Å². The van der Waals surface area contributed by atoms with E-state index in [9.17, 15) is 9.59 Å². The summed E-state index contributed by atoms with van der Waals surface area (Å²) in [6.45, 7) is 8.02. The van der Waals surface area contributed by atoms with Crippen LogP contribution in [0.5, 0.6) is 0 Å². The van der Waals surface area contributed by atoms with Crippen LogP contribution >= 0.6 is 0 Å². The van der Waals surface area contributed by atoms with Crippen LogP contribution in [0.3, 0.4) is 0 Å². The first kappa shape index (κ1) is 22.7. The Hall–Kier alpha value is -3.48. The number of rotatable bonds is 5. The molecule has 0 aliphatic carbocycles. The van der Waals surface area contributed by atoms with Crippen LogP contribution in [0, 0.1) is 6.92 Å². The molecule has 0 saturated heterocycles. The van der Waals surface area contributed by atoms with Gasteiger partial charge in [-0.05, 0) is 43.5 Å². The van der Waals surface area contributed by atoms with Gasteiger partial charge in [0.25, 0.3) is 0 Å². The van der Waals surface area contributed by atoms with Crippen LogP contribution < -0.4 is 10.2 Å². The average Bonchev–Trinajstić information content (AvgIpc) is 3.28. The Labute approximate surface area is 194 Å². The standard InChI is InChI=1S/C26H30N4O3/c1-17-9-12-19(13-10-17)27-24(32)21-14-11-18-7-5-6-8-20(18)30(21)23(31)16-15-22-28-25(29-33-22)26(2,3)4/h5-10,12-13,21H,11,14-16H2,1-4H3,(H,27,32). The lowest BCUT2D eigenvalue weighted by Crippen LogP contribution is -2.50. The third-order valence-electron chi connectivity index (χ3n) is 5.83. The number of nitrogens with one attached hydrogen (secondary N) is 1. The Kier molecular flexibility index (Phi) is 6.31. The van der Waals surface area contributed by atoms with Crippen LogP contribution in [0.4, 0.5) is 11.4 Å². The van der Waals surface area contributed by atoms with Gasteiger partial charge in [0.1, 0.15) is 6.04 Å². The van der Waals surface area contributed by atoms with Crippen LogP contribution in [0.2, 0.25) is 0 Å². The van der Waals surface area contributed by atoms with Gasteiger partial charge in [-0.2, -0.15) is 4.98 Å². The molecule has 0 radical (unpaired) electrons. The summed E-state index contributed by atoms with van der Waals surface area (Å²) in [6.07, 6.45) is 1.81. The first-order valence-electron chi connectivity index (χ1n) is 11.3. The molecule has 1 aliphatic heterocycles. The van der Waals surface area contributed by atoms with Gasteiger partial charge < -0.3 is 9.84 Å². The molecular formula is C26H30N4O3. The van der Waals surface area contributed by atoms with Crippen LogP contribution in [-0.2, 0) is 27.8 Å². The van der Waals surface area contributed by atoms with E-state index in [0.717, 1.165) is 28.9 Å². The van der Waals surface area contributed by atoms with Crippen LogP contribution in [0.25, 0.3) is 0 Å². The van der Waals surface area contributed by atoms with Gasteiger partial charge in [0.05, 0.1) is 0 Å². The summed E-state index contributed by atoms with van der Waals surface area (Å²) >= 11 is 0. The van der Waals surface area contributed by atoms with Gasteiger partial charge in [-0.15, -0.1) is 0 Å². The first-order chi connectivity index (χ1) is 15.7. The monoisotopic (exact) mass is 446 g/mol. The maximum Gasteiger partial charge on any atom is 0.247 e. The topological polar surface area (TPSA) is 88.3 Å². The predicted octanol–water partition coefficient (Wildman–Crippen LogP) is 4.59. The molecule has 3 aromatic rings. The highest BCUT2D eigenvalue weighted by atomic mass is 16.5. The maximum atomic E-state index is 13.4. The number of amides is 2. The fraction of sp³-hybridized carbons (Fsp3) is 0.385. The predicted molar refractivity (Wildman–Crippen MR) is 127 cm³/mol. The normalized spacial score (nSPS) is 15.8. The van der Waals surface area contributed by atoms with E-state index in [1.165, 1.54) is 0 Å². The second kappa shape index (κ2) is 9.17. The van der Waals surface area contributed by atoms with E-state index in [2.05, 4.69) is 15.5 Å². The van der Waals surface area contributed by atoms with E-state index < -0.39 is 6.04 Å². The summed E-state index contributed by atoms with van der Waals surface area (Å²) < 4.78 is 5.35. The minimum absolute atomic E-state index is 0.137. The molecule has 2 aromatic carbocycles. The smallest absolute Gasteiger partial charge is 0.247 e. The number of fused-ring (bicyclic) bond motifs is 1. The molecule has 2 heterocycles. The SMILES string of the molecule is Cc1ccc(NC(=O)C2CCc3ccccc3N2C(=O)CCc2nc(C(C)(C)C)no2)cc1. The van der Waals surface area contributed by atoms with Gasteiger partial charge in [-0.3, -0.25) is 14.5 Å². The van der Waals surface area contributed by atoms with Gasteiger partial charge in [-0.1, -0.05) is 61.8 Å². The molecule has 1 unspecified atom stereocenters. The molecular weight excluding hydrogens is 416 g/mol. The zero-order valence-electron chi connectivity index (χ0n) is 19.6. The van der Waals surface area contributed by atoms with Crippen molar-refractivity contribution in [2.24, 2.45) is 0 Å². The van der Waals surface area contributed by atoms with E-state index in [4.69, 9.17) is 4.52 Å². The number of carbonyl (C=O) groups excluding carboxylic acids is 2. The maximum absolute atomic E-state index is 13.4. The summed E-state index contributed by atoms with van der Waals surface area (Å²) in [4.78, 5) is 32.7. The zero-order chi connectivity index (χ0) is 23.6. The molecule has 1 atom stereocenters. The highest BCUT2D eigenvalue weighted by Crippen LogP contribution is 2.32. The zero-order valence-corrected chi connectivity index (χ0v) is 19.6. The lowest BCUT2D eigenvalue weighted by atomic mass is 9.94. The Morgan fingerprint density at radius 1 is 1.12 bits per heavy atom. The van der Waals surface area contributed by atoms with Crippen molar-refractivity contribution in [2.75, 3.05) is 10.2 Å². The number of aryl methyl sites for hydroxylation is 3. The number of aromatic nitrogens is 2. The number of para-hydroxylation sites is 1. The Balaban J connectivity index is 1.53. The molecule has 1 aromatic heterocycles. The van der Waals surface area contributed by atoms with E-state index in [0.29, 0.717) is 24.6 Å². The molecule has 0 bridgehead atoms. The van der Waals surface area contributed by atoms with Gasteiger partial charge in [0.15, 0.2) is 5.82 Å². The van der Waals surface area contributed by atoms with Crippen LogP contribution in [-0.4, -0.2) is 28.0 Å². The second-order valence-corrected chi connectivity index (χ2v) is 9.56. The number of anilines is 2. The van der Waals surface area contributed by atoms with Crippen molar-refractivity contribution >= 4 is 23.2 Å². The molecule has 7 heteroatoms. The first-order valence-corrected chi connectivity index (χ1v) is 11.3. The van der Waals surface area contributed by atoms with Gasteiger partial charge in [0, 0.05) is 29.6 Å². The van der Waals surface area contributed by atoms with Crippen molar-refractivity contribution < 1.29 is 14.1 Å². The molecule has 0 spiro atoms. The fourth-order valence-corrected chi connectivity index (χ4v) is 3.96. The van der Waals surface area contributed by atoms with Gasteiger partial charge in [-0.25, -0.2) is 0 Å². The molecule has 33 heavy (non-hydrogen) atoms. The van der Waals surface area contributed by atoms with Crippen molar-refractivity contribution in [3.05, 3.63) is 71.4 Å². The lowest BCUT2D eigenvalue weighted by molar-refractivity contribution is -0.124. The number of benzene rings is 2. The summed E-state index contributed by atoms with van der Waals surface area (Å²) in [6, 6.07) is 14.8. The van der Waals surface area contributed by atoms with E-state index in [-0.39, 0.29) is 23.7 Å². The largest absolute Gasteiger partial charge is 0.339 e. The molecule has 1 aliphatic rings. The third-order valence-corrected chi connectivity index (χ3v) is 5.83. The Bertz CT molecular complexity index is 1140. The third kappa shape index (κ3) is 5.13. The number of hydrogen-bond donors (Lipinski definition) is 1. The summed E-state index contributed by atoms with van der Waals surface area (Å²) in [5.74, 6) is 0.721. The highest BCUT2D eigenvalue weighted by molar-refractivity contribution is 6.06. The minimum Gasteiger partial charge on any atom is -0.339 e. The molecule has 0 fully saturated rings. The molecule has 7 nitrogen and oxygen atoms in total. The lowest BCUT2D eigenvalue weighted by Gasteiger charge is -2.36. The van der Waals surface area contributed by atoms with Crippen molar-refractivity contribution in [1.29, 1.82) is 0 Å². The Morgan fingerprint density at radius 2 is 1.85 bits per heavy atom. The number of carbonyl (C=O) groups is 2. The number of hydrogen-bond acceptors (Lipinski definition) is 5. The van der Waals surface area contributed by atoms with Gasteiger partial charge >= 0.3 is 0 Å². The van der Waals surface area contributed by atoms with Crippen molar-refractivity contribution in [3.63, 3.8) is 0 Å². The van der Waals surface area contributed by atoms with Crippen molar-refractivity contribution in [1.82, 2.24) is 10.1 Å². The Morgan fingerprint density at radius 3 is 2.55 bits per heavy atom. The average molecular weight is 447 g/mol. The van der Waals surface area contributed by atoms with E-state index in [1.807, 2.05) is 76.2 Å². The van der Waals surface area contributed by atoms with Crippen molar-refractivity contribution in [2.45, 2.75) is 64.8 Å². The second-order valence-electron chi connectivity index (χ2n) is 9.56. The molecule has 0 saturated carbocycles.